The summed E-state index contributed by atoms with van der Waals surface area (Å²) >= 11 is 5.22. The summed E-state index contributed by atoms with van der Waals surface area (Å²) in [5, 5.41) is 0. The molecule has 5 heteroatoms. The van der Waals surface area contributed by atoms with Crippen LogP contribution in [-0.2, 0) is 9.53 Å². The Morgan fingerprint density at radius 3 is 2.63 bits per heavy atom. The van der Waals surface area contributed by atoms with Gasteiger partial charge in [0.05, 0.1) is 4.99 Å². The second-order valence-corrected chi connectivity index (χ2v) is 6.20. The van der Waals surface area contributed by atoms with Gasteiger partial charge in [0.25, 0.3) is 0 Å². The molecule has 2 fully saturated rings. The first kappa shape index (κ1) is 14.7. The molecule has 1 atom stereocenters. The standard InChI is InChI=1S/C14H24N2O2S/c1-11-5-3-2-4-8-16(11)13(17)14(12(15)19)6-9-18-10-7-14/h11H,2-10H2,1H3,(H2,15,19). The summed E-state index contributed by atoms with van der Waals surface area (Å²) in [7, 11) is 0. The van der Waals surface area contributed by atoms with Crippen LogP contribution in [0.4, 0.5) is 0 Å². The second kappa shape index (κ2) is 6.18. The van der Waals surface area contributed by atoms with Crippen LogP contribution in [0.5, 0.6) is 0 Å². The van der Waals surface area contributed by atoms with Crippen LogP contribution in [0.25, 0.3) is 0 Å². The van der Waals surface area contributed by atoms with Crippen molar-refractivity contribution >= 4 is 23.1 Å². The number of nitrogens with two attached hydrogens (primary N) is 1. The SMILES string of the molecule is CC1CCCCCN1C(=O)C1(C(N)=S)CCOCC1. The Balaban J connectivity index is 2.20. The van der Waals surface area contributed by atoms with Crippen molar-refractivity contribution in [1.29, 1.82) is 0 Å². The van der Waals surface area contributed by atoms with Gasteiger partial charge in [-0.05, 0) is 32.6 Å². The Kier molecular flexibility index (Phi) is 4.79. The van der Waals surface area contributed by atoms with E-state index >= 15 is 0 Å². The highest BCUT2D eigenvalue weighted by atomic mass is 32.1. The van der Waals surface area contributed by atoms with Crippen molar-refractivity contribution in [1.82, 2.24) is 4.90 Å². The van der Waals surface area contributed by atoms with Crippen molar-refractivity contribution in [2.45, 2.75) is 51.5 Å². The molecule has 0 saturated carbocycles. The smallest absolute Gasteiger partial charge is 0.236 e. The Morgan fingerprint density at radius 2 is 2.00 bits per heavy atom. The molecule has 0 radical (unpaired) electrons. The number of likely N-dealkylation sites (tertiary alicyclic amines) is 1. The van der Waals surface area contributed by atoms with Gasteiger partial charge in [-0.25, -0.2) is 0 Å². The predicted molar refractivity (Wildman–Crippen MR) is 78.9 cm³/mol. The lowest BCUT2D eigenvalue weighted by Crippen LogP contribution is -2.55. The van der Waals surface area contributed by atoms with E-state index in [4.69, 9.17) is 22.7 Å². The van der Waals surface area contributed by atoms with Gasteiger partial charge in [0.1, 0.15) is 5.41 Å². The molecule has 2 rings (SSSR count). The van der Waals surface area contributed by atoms with E-state index < -0.39 is 5.41 Å². The van der Waals surface area contributed by atoms with E-state index in [0.717, 1.165) is 19.4 Å². The summed E-state index contributed by atoms with van der Waals surface area (Å²) in [6.07, 6.45) is 5.83. The zero-order valence-electron chi connectivity index (χ0n) is 11.7. The van der Waals surface area contributed by atoms with E-state index in [-0.39, 0.29) is 5.91 Å². The molecule has 19 heavy (non-hydrogen) atoms. The van der Waals surface area contributed by atoms with Crippen molar-refractivity contribution in [2.24, 2.45) is 11.1 Å². The van der Waals surface area contributed by atoms with Crippen LogP contribution in [-0.4, -0.2) is 41.6 Å². The van der Waals surface area contributed by atoms with Crippen LogP contribution in [0.15, 0.2) is 0 Å². The third-order valence-corrected chi connectivity index (χ3v) is 4.93. The van der Waals surface area contributed by atoms with Gasteiger partial charge >= 0.3 is 0 Å². The maximum absolute atomic E-state index is 13.0. The minimum absolute atomic E-state index is 0.137. The lowest BCUT2D eigenvalue weighted by atomic mass is 9.78. The zero-order valence-corrected chi connectivity index (χ0v) is 12.5. The fraction of sp³-hybridized carbons (Fsp3) is 0.857. The van der Waals surface area contributed by atoms with Gasteiger partial charge in [0.15, 0.2) is 0 Å². The third-order valence-electron chi connectivity index (χ3n) is 4.54. The van der Waals surface area contributed by atoms with Crippen LogP contribution in [0.1, 0.15) is 45.4 Å². The number of nitrogens with zero attached hydrogens (tertiary/aromatic N) is 1. The van der Waals surface area contributed by atoms with E-state index in [1.165, 1.54) is 12.8 Å². The maximum atomic E-state index is 13.0. The molecule has 0 aromatic rings. The highest BCUT2D eigenvalue weighted by Crippen LogP contribution is 2.35. The van der Waals surface area contributed by atoms with Gasteiger partial charge in [-0.1, -0.05) is 25.1 Å². The lowest BCUT2D eigenvalue weighted by Gasteiger charge is -2.40. The number of hydrogen-bond acceptors (Lipinski definition) is 3. The van der Waals surface area contributed by atoms with Crippen molar-refractivity contribution in [3.8, 4) is 0 Å². The first-order chi connectivity index (χ1) is 9.08. The van der Waals surface area contributed by atoms with Crippen LogP contribution in [0, 0.1) is 5.41 Å². The molecule has 108 valence electrons. The van der Waals surface area contributed by atoms with Gasteiger partial charge in [0, 0.05) is 25.8 Å². The molecule has 2 heterocycles. The summed E-state index contributed by atoms with van der Waals surface area (Å²) in [4.78, 5) is 15.3. The van der Waals surface area contributed by atoms with Crippen LogP contribution >= 0.6 is 12.2 Å². The van der Waals surface area contributed by atoms with Gasteiger partial charge in [0.2, 0.25) is 5.91 Å². The molecule has 0 bridgehead atoms. The van der Waals surface area contributed by atoms with Gasteiger partial charge in [-0.15, -0.1) is 0 Å². The molecule has 1 amide bonds. The Labute approximate surface area is 120 Å². The molecular weight excluding hydrogens is 260 g/mol. The normalized spacial score (nSPS) is 27.6. The van der Waals surface area contributed by atoms with E-state index in [0.29, 0.717) is 37.1 Å². The Hall–Kier alpha value is -0.680. The van der Waals surface area contributed by atoms with Crippen molar-refractivity contribution in [3.05, 3.63) is 0 Å². The Morgan fingerprint density at radius 1 is 1.32 bits per heavy atom. The molecule has 0 aromatic heterocycles. The molecule has 1 unspecified atom stereocenters. The highest BCUT2D eigenvalue weighted by molar-refractivity contribution is 7.80. The van der Waals surface area contributed by atoms with E-state index in [9.17, 15) is 4.79 Å². The number of carbonyl (C=O) groups is 1. The Bertz CT molecular complexity index is 353. The van der Waals surface area contributed by atoms with Crippen LogP contribution in [0.2, 0.25) is 0 Å². The molecule has 0 spiro atoms. The number of hydrogen-bond donors (Lipinski definition) is 1. The number of thiocarbonyl (C=S) groups is 1. The average Bonchev–Trinajstić information content (AvgIpc) is 2.63. The molecule has 0 aliphatic carbocycles. The van der Waals surface area contributed by atoms with Crippen LogP contribution < -0.4 is 5.73 Å². The van der Waals surface area contributed by atoms with Crippen molar-refractivity contribution in [3.63, 3.8) is 0 Å². The molecule has 4 nitrogen and oxygen atoms in total. The summed E-state index contributed by atoms with van der Waals surface area (Å²) in [5.41, 5.74) is 5.26. The monoisotopic (exact) mass is 284 g/mol. The topological polar surface area (TPSA) is 55.6 Å². The maximum Gasteiger partial charge on any atom is 0.236 e. The number of rotatable bonds is 2. The van der Waals surface area contributed by atoms with Gasteiger partial charge < -0.3 is 15.4 Å². The minimum atomic E-state index is -0.661. The molecular formula is C14H24N2O2S. The first-order valence-corrected chi connectivity index (χ1v) is 7.67. The summed E-state index contributed by atoms with van der Waals surface area (Å²) in [5.74, 6) is 0.137. The van der Waals surface area contributed by atoms with Crippen LogP contribution in [0.3, 0.4) is 0 Å². The molecule has 2 aliphatic rings. The highest BCUT2D eigenvalue weighted by Gasteiger charge is 2.46. The van der Waals surface area contributed by atoms with E-state index in [2.05, 4.69) is 6.92 Å². The summed E-state index contributed by atoms with van der Waals surface area (Å²) < 4.78 is 5.38. The second-order valence-electron chi connectivity index (χ2n) is 5.76. The lowest BCUT2D eigenvalue weighted by molar-refractivity contribution is -0.144. The number of amides is 1. The van der Waals surface area contributed by atoms with Crippen molar-refractivity contribution in [2.75, 3.05) is 19.8 Å². The predicted octanol–water partition coefficient (Wildman–Crippen LogP) is 1.86. The fourth-order valence-corrected chi connectivity index (χ4v) is 3.43. The van der Waals surface area contributed by atoms with Gasteiger partial charge in [-0.3, -0.25) is 4.79 Å². The molecule has 2 N–H and O–H groups in total. The average molecular weight is 284 g/mol. The summed E-state index contributed by atoms with van der Waals surface area (Å²) in [6.45, 7) is 4.12. The molecule has 2 aliphatic heterocycles. The number of ether oxygens (including phenoxy) is 1. The zero-order chi connectivity index (χ0) is 13.9. The molecule has 0 aromatic carbocycles. The largest absolute Gasteiger partial charge is 0.392 e. The van der Waals surface area contributed by atoms with Gasteiger partial charge in [-0.2, -0.15) is 0 Å². The fourth-order valence-electron chi connectivity index (χ4n) is 3.14. The minimum Gasteiger partial charge on any atom is -0.392 e. The molecule has 2 saturated heterocycles. The van der Waals surface area contributed by atoms with Crippen molar-refractivity contribution < 1.29 is 9.53 Å². The number of carbonyl (C=O) groups excluding carboxylic acids is 1. The quantitative estimate of drug-likeness (QED) is 0.786. The first-order valence-electron chi connectivity index (χ1n) is 7.27. The third kappa shape index (κ3) is 2.92. The van der Waals surface area contributed by atoms with E-state index in [1.54, 1.807) is 0 Å². The van der Waals surface area contributed by atoms with E-state index in [1.807, 2.05) is 4.90 Å². The summed E-state index contributed by atoms with van der Waals surface area (Å²) in [6, 6.07) is 0.295.